The van der Waals surface area contributed by atoms with Crippen LogP contribution in [-0.4, -0.2) is 29.2 Å². The van der Waals surface area contributed by atoms with Gasteiger partial charge in [-0.05, 0) is 19.8 Å². The molecule has 1 fully saturated rings. The smallest absolute Gasteiger partial charge is 0.315 e. The number of carbonyl (C=O) groups is 2. The third-order valence-corrected chi connectivity index (χ3v) is 3.11. The normalized spacial score (nSPS) is 20.1. The second-order valence-electron chi connectivity index (χ2n) is 4.84. The number of nitrogens with one attached hydrogen (secondary N) is 2. The Morgan fingerprint density at radius 2 is 1.94 bits per heavy atom. The van der Waals surface area contributed by atoms with Crippen LogP contribution < -0.4 is 10.6 Å². The summed E-state index contributed by atoms with van der Waals surface area (Å²) in [6.07, 6.45) is 4.27. The predicted molar refractivity (Wildman–Crippen MR) is 60.2 cm³/mol. The van der Waals surface area contributed by atoms with Crippen molar-refractivity contribution < 1.29 is 14.7 Å². The van der Waals surface area contributed by atoms with Crippen LogP contribution >= 0.6 is 0 Å². The van der Waals surface area contributed by atoms with E-state index in [1.54, 1.807) is 6.92 Å². The predicted octanol–water partition coefficient (Wildman–Crippen LogP) is 1.34. The average Bonchev–Trinajstić information content (AvgIpc) is 2.60. The fraction of sp³-hybridized carbons (Fsp3) is 0.818. The monoisotopic (exact) mass is 228 g/mol. The minimum absolute atomic E-state index is 0.115. The number of urea groups is 1. The molecular formula is C11H20N2O3. The highest BCUT2D eigenvalue weighted by Gasteiger charge is 2.30. The standard InChI is InChI=1S/C11H20N2O3/c1-8(9(14)15)7-12-10(16)13-11(2)5-3-4-6-11/h8H,3-7H2,1-2H3,(H,14,15)(H2,12,13,16). The van der Waals surface area contributed by atoms with Crippen LogP contribution in [0.4, 0.5) is 4.79 Å². The second kappa shape index (κ2) is 5.18. The molecule has 1 aliphatic rings. The Morgan fingerprint density at radius 3 is 2.44 bits per heavy atom. The van der Waals surface area contributed by atoms with Gasteiger partial charge in [0.25, 0.3) is 0 Å². The zero-order chi connectivity index (χ0) is 12.2. The Balaban J connectivity index is 2.28. The lowest BCUT2D eigenvalue weighted by molar-refractivity contribution is -0.140. The summed E-state index contributed by atoms with van der Waals surface area (Å²) in [7, 11) is 0. The van der Waals surface area contributed by atoms with Gasteiger partial charge in [0.2, 0.25) is 0 Å². The zero-order valence-electron chi connectivity index (χ0n) is 9.88. The number of carboxylic acid groups (broad SMARTS) is 1. The lowest BCUT2D eigenvalue weighted by Crippen LogP contribution is -2.49. The van der Waals surface area contributed by atoms with Gasteiger partial charge in [0.15, 0.2) is 0 Å². The molecule has 1 saturated carbocycles. The van der Waals surface area contributed by atoms with Gasteiger partial charge < -0.3 is 15.7 Å². The summed E-state index contributed by atoms with van der Waals surface area (Å²) >= 11 is 0. The summed E-state index contributed by atoms with van der Waals surface area (Å²) in [5.41, 5.74) is -0.115. The molecule has 0 aliphatic heterocycles. The fourth-order valence-electron chi connectivity index (χ4n) is 1.93. The van der Waals surface area contributed by atoms with Crippen LogP contribution in [0.3, 0.4) is 0 Å². The summed E-state index contributed by atoms with van der Waals surface area (Å²) in [6, 6.07) is -0.266. The van der Waals surface area contributed by atoms with Crippen molar-refractivity contribution in [3.8, 4) is 0 Å². The van der Waals surface area contributed by atoms with E-state index in [1.807, 2.05) is 6.92 Å². The van der Waals surface area contributed by atoms with Gasteiger partial charge in [0, 0.05) is 12.1 Å². The van der Waals surface area contributed by atoms with Gasteiger partial charge in [0.1, 0.15) is 0 Å². The van der Waals surface area contributed by atoms with Crippen LogP contribution in [0.2, 0.25) is 0 Å². The first-order chi connectivity index (χ1) is 7.43. The van der Waals surface area contributed by atoms with Crippen molar-refractivity contribution in [2.75, 3.05) is 6.54 Å². The van der Waals surface area contributed by atoms with E-state index in [-0.39, 0.29) is 18.1 Å². The summed E-state index contributed by atoms with van der Waals surface area (Å²) in [5, 5.41) is 14.1. The highest BCUT2D eigenvalue weighted by atomic mass is 16.4. The largest absolute Gasteiger partial charge is 0.481 e. The maximum atomic E-state index is 11.5. The second-order valence-corrected chi connectivity index (χ2v) is 4.84. The van der Waals surface area contributed by atoms with Crippen LogP contribution in [0.15, 0.2) is 0 Å². The van der Waals surface area contributed by atoms with Gasteiger partial charge in [-0.3, -0.25) is 4.79 Å². The molecular weight excluding hydrogens is 208 g/mol. The van der Waals surface area contributed by atoms with E-state index in [0.717, 1.165) is 25.7 Å². The SMILES string of the molecule is CC(CNC(=O)NC1(C)CCCC1)C(=O)O. The number of aliphatic carboxylic acids is 1. The summed E-state index contributed by atoms with van der Waals surface area (Å²) in [4.78, 5) is 22.1. The van der Waals surface area contributed by atoms with Gasteiger partial charge in [-0.15, -0.1) is 0 Å². The molecule has 0 saturated heterocycles. The summed E-state index contributed by atoms with van der Waals surface area (Å²) < 4.78 is 0. The van der Waals surface area contributed by atoms with Crippen molar-refractivity contribution in [1.82, 2.24) is 10.6 Å². The number of carboxylic acids is 1. The van der Waals surface area contributed by atoms with Gasteiger partial charge in [-0.2, -0.15) is 0 Å². The van der Waals surface area contributed by atoms with Crippen molar-refractivity contribution >= 4 is 12.0 Å². The van der Waals surface area contributed by atoms with E-state index in [0.29, 0.717) is 0 Å². The molecule has 0 aromatic heterocycles. The molecule has 0 heterocycles. The number of rotatable bonds is 4. The topological polar surface area (TPSA) is 78.4 Å². The van der Waals surface area contributed by atoms with Crippen molar-refractivity contribution in [2.45, 2.75) is 45.1 Å². The maximum absolute atomic E-state index is 11.5. The van der Waals surface area contributed by atoms with Crippen LogP contribution in [0.5, 0.6) is 0 Å². The molecule has 0 bridgehead atoms. The van der Waals surface area contributed by atoms with E-state index < -0.39 is 11.9 Å². The molecule has 0 aromatic rings. The lowest BCUT2D eigenvalue weighted by atomic mass is 10.0. The van der Waals surface area contributed by atoms with E-state index in [4.69, 9.17) is 5.11 Å². The number of amides is 2. The first-order valence-electron chi connectivity index (χ1n) is 5.72. The molecule has 1 atom stereocenters. The molecule has 16 heavy (non-hydrogen) atoms. The van der Waals surface area contributed by atoms with Crippen molar-refractivity contribution in [3.05, 3.63) is 0 Å². The van der Waals surface area contributed by atoms with Gasteiger partial charge in [-0.25, -0.2) is 4.79 Å². The van der Waals surface area contributed by atoms with Crippen molar-refractivity contribution in [2.24, 2.45) is 5.92 Å². The molecule has 92 valence electrons. The van der Waals surface area contributed by atoms with Crippen molar-refractivity contribution in [3.63, 3.8) is 0 Å². The van der Waals surface area contributed by atoms with E-state index >= 15 is 0 Å². The molecule has 0 radical (unpaired) electrons. The average molecular weight is 228 g/mol. The Bertz CT molecular complexity index is 272. The fourth-order valence-corrected chi connectivity index (χ4v) is 1.93. The molecule has 5 nitrogen and oxygen atoms in total. The number of carbonyl (C=O) groups excluding carboxylic acids is 1. The third-order valence-electron chi connectivity index (χ3n) is 3.11. The maximum Gasteiger partial charge on any atom is 0.315 e. The van der Waals surface area contributed by atoms with Crippen LogP contribution in [0.1, 0.15) is 39.5 Å². The molecule has 1 unspecified atom stereocenters. The third kappa shape index (κ3) is 3.72. The van der Waals surface area contributed by atoms with E-state index in [1.165, 1.54) is 0 Å². The van der Waals surface area contributed by atoms with Crippen LogP contribution in [0, 0.1) is 5.92 Å². The Morgan fingerprint density at radius 1 is 1.38 bits per heavy atom. The minimum Gasteiger partial charge on any atom is -0.481 e. The highest BCUT2D eigenvalue weighted by molar-refractivity contribution is 5.76. The summed E-state index contributed by atoms with van der Waals surface area (Å²) in [6.45, 7) is 3.76. The van der Waals surface area contributed by atoms with Crippen molar-refractivity contribution in [1.29, 1.82) is 0 Å². The number of hydrogen-bond acceptors (Lipinski definition) is 2. The Hall–Kier alpha value is -1.26. The number of hydrogen-bond donors (Lipinski definition) is 3. The Kier molecular flexibility index (Phi) is 4.15. The molecule has 0 aromatic carbocycles. The minimum atomic E-state index is -0.896. The summed E-state index contributed by atoms with van der Waals surface area (Å²) in [5.74, 6) is -1.45. The Labute approximate surface area is 95.6 Å². The zero-order valence-corrected chi connectivity index (χ0v) is 9.88. The van der Waals surface area contributed by atoms with Gasteiger partial charge >= 0.3 is 12.0 Å². The van der Waals surface area contributed by atoms with Crippen LogP contribution in [-0.2, 0) is 4.79 Å². The molecule has 2 amide bonds. The van der Waals surface area contributed by atoms with Gasteiger partial charge in [0.05, 0.1) is 5.92 Å². The van der Waals surface area contributed by atoms with E-state index in [9.17, 15) is 9.59 Å². The highest BCUT2D eigenvalue weighted by Crippen LogP contribution is 2.28. The van der Waals surface area contributed by atoms with E-state index in [2.05, 4.69) is 10.6 Å². The molecule has 3 N–H and O–H groups in total. The molecule has 5 heteroatoms. The first-order valence-corrected chi connectivity index (χ1v) is 5.72. The molecule has 1 aliphatic carbocycles. The van der Waals surface area contributed by atoms with Crippen LogP contribution in [0.25, 0.3) is 0 Å². The first kappa shape index (κ1) is 12.8. The molecule has 1 rings (SSSR count). The van der Waals surface area contributed by atoms with Gasteiger partial charge in [-0.1, -0.05) is 19.8 Å². The quantitative estimate of drug-likeness (QED) is 0.679. The lowest BCUT2D eigenvalue weighted by Gasteiger charge is -2.25. The molecule has 0 spiro atoms.